The first kappa shape index (κ1) is 21.5. The predicted molar refractivity (Wildman–Crippen MR) is 115 cm³/mol. The van der Waals surface area contributed by atoms with Gasteiger partial charge in [0.25, 0.3) is 5.91 Å². The van der Waals surface area contributed by atoms with Crippen LogP contribution in [0.5, 0.6) is 17.2 Å². The Balaban J connectivity index is 1.36. The van der Waals surface area contributed by atoms with Crippen molar-refractivity contribution in [3.63, 3.8) is 0 Å². The van der Waals surface area contributed by atoms with E-state index in [0.717, 1.165) is 0 Å². The number of methoxy groups -OCH3 is 1. The van der Waals surface area contributed by atoms with Crippen LogP contribution in [0.25, 0.3) is 0 Å². The summed E-state index contributed by atoms with van der Waals surface area (Å²) in [5.41, 5.74) is 1.10. The summed E-state index contributed by atoms with van der Waals surface area (Å²) in [6.07, 6.45) is -1.03. The summed E-state index contributed by atoms with van der Waals surface area (Å²) < 4.78 is 21.6. The van der Waals surface area contributed by atoms with Gasteiger partial charge in [-0.15, -0.1) is 0 Å². The predicted octanol–water partition coefficient (Wildman–Crippen LogP) is 2.39. The molecule has 9 heteroatoms. The number of fused-ring (bicyclic) bond motifs is 1. The molecule has 2 amide bonds. The number of carbonyl (C=O) groups is 3. The Morgan fingerprint density at radius 2 is 1.88 bits per heavy atom. The minimum absolute atomic E-state index is 0.00806. The maximum atomic E-state index is 12.6. The van der Waals surface area contributed by atoms with Crippen LogP contribution in [-0.4, -0.2) is 50.8 Å². The number of nitrogens with one attached hydrogen (secondary N) is 1. The van der Waals surface area contributed by atoms with E-state index in [2.05, 4.69) is 5.32 Å². The van der Waals surface area contributed by atoms with E-state index in [4.69, 9.17) is 18.9 Å². The molecule has 0 unspecified atom stereocenters. The van der Waals surface area contributed by atoms with Gasteiger partial charge < -0.3 is 29.2 Å². The smallest absolute Gasteiger partial charge is 0.312 e. The van der Waals surface area contributed by atoms with Gasteiger partial charge >= 0.3 is 5.97 Å². The molecule has 0 bridgehead atoms. The second-order valence-electron chi connectivity index (χ2n) is 7.50. The molecule has 0 saturated carbocycles. The van der Waals surface area contributed by atoms with Gasteiger partial charge in [0.05, 0.1) is 18.7 Å². The Morgan fingerprint density at radius 3 is 2.66 bits per heavy atom. The first-order valence-corrected chi connectivity index (χ1v) is 10.3. The number of anilines is 2. The van der Waals surface area contributed by atoms with E-state index in [1.54, 1.807) is 42.5 Å². The summed E-state index contributed by atoms with van der Waals surface area (Å²) in [4.78, 5) is 39.2. The van der Waals surface area contributed by atoms with Crippen LogP contribution in [-0.2, 0) is 19.1 Å². The Kier molecular flexibility index (Phi) is 6.16. The Labute approximate surface area is 185 Å². The largest absolute Gasteiger partial charge is 0.495 e. The van der Waals surface area contributed by atoms with Crippen molar-refractivity contribution < 1.29 is 33.3 Å². The number of carbonyl (C=O) groups excluding carboxylic acids is 3. The van der Waals surface area contributed by atoms with E-state index in [0.29, 0.717) is 41.8 Å². The Morgan fingerprint density at radius 1 is 1.12 bits per heavy atom. The fourth-order valence-electron chi connectivity index (χ4n) is 3.62. The quantitative estimate of drug-likeness (QED) is 0.688. The monoisotopic (exact) mass is 440 g/mol. The summed E-state index contributed by atoms with van der Waals surface area (Å²) in [6.45, 7) is 2.57. The first-order valence-electron chi connectivity index (χ1n) is 10.3. The third kappa shape index (κ3) is 4.46. The van der Waals surface area contributed by atoms with Crippen molar-refractivity contribution in [2.24, 2.45) is 5.92 Å². The van der Waals surface area contributed by atoms with Crippen LogP contribution in [0.2, 0.25) is 0 Å². The summed E-state index contributed by atoms with van der Waals surface area (Å²) >= 11 is 0. The van der Waals surface area contributed by atoms with Crippen LogP contribution in [0.3, 0.4) is 0 Å². The number of nitrogens with zero attached hydrogens (tertiary/aromatic N) is 1. The number of hydrogen-bond acceptors (Lipinski definition) is 7. The summed E-state index contributed by atoms with van der Waals surface area (Å²) in [7, 11) is 1.50. The molecular formula is C23H24N2O7. The molecule has 2 aliphatic rings. The van der Waals surface area contributed by atoms with Crippen molar-refractivity contribution in [3.05, 3.63) is 42.5 Å². The molecule has 0 aromatic heterocycles. The van der Waals surface area contributed by atoms with E-state index in [9.17, 15) is 14.4 Å². The van der Waals surface area contributed by atoms with Crippen LogP contribution < -0.4 is 24.4 Å². The second-order valence-corrected chi connectivity index (χ2v) is 7.50. The lowest BCUT2D eigenvalue weighted by Crippen LogP contribution is -2.33. The van der Waals surface area contributed by atoms with Gasteiger partial charge in [0, 0.05) is 24.7 Å². The van der Waals surface area contributed by atoms with Gasteiger partial charge in [-0.1, -0.05) is 12.1 Å². The lowest BCUT2D eigenvalue weighted by atomic mass is 10.1. The van der Waals surface area contributed by atoms with E-state index in [1.807, 2.05) is 0 Å². The minimum atomic E-state index is -1.04. The van der Waals surface area contributed by atoms with Crippen molar-refractivity contribution in [2.45, 2.75) is 19.4 Å². The van der Waals surface area contributed by atoms with Crippen molar-refractivity contribution >= 4 is 29.2 Å². The number of benzene rings is 2. The van der Waals surface area contributed by atoms with Crippen LogP contribution in [0.15, 0.2) is 42.5 Å². The third-order valence-corrected chi connectivity index (χ3v) is 5.32. The number of rotatable bonds is 6. The summed E-state index contributed by atoms with van der Waals surface area (Å²) in [5.74, 6) is -0.272. The van der Waals surface area contributed by atoms with E-state index in [1.165, 1.54) is 18.9 Å². The standard InChI is InChI=1S/C23H24N2O7/c1-14(22(27)24-17-5-3-4-6-18(17)29-2)32-23(28)15-11-21(26)25(13-15)16-7-8-19-20(12-16)31-10-9-30-19/h3-8,12,14-15H,9-11,13H2,1-2H3,(H,24,27)/t14-,15+/m0/s1. The molecule has 32 heavy (non-hydrogen) atoms. The highest BCUT2D eigenvalue weighted by Gasteiger charge is 2.37. The van der Waals surface area contributed by atoms with Crippen molar-refractivity contribution in [1.29, 1.82) is 0 Å². The zero-order chi connectivity index (χ0) is 22.7. The van der Waals surface area contributed by atoms with Crippen LogP contribution >= 0.6 is 0 Å². The van der Waals surface area contributed by atoms with E-state index < -0.39 is 23.9 Å². The molecule has 2 atom stereocenters. The van der Waals surface area contributed by atoms with Gasteiger partial charge in [-0.05, 0) is 31.2 Å². The number of ether oxygens (including phenoxy) is 4. The SMILES string of the molecule is COc1ccccc1NC(=O)[C@H](C)OC(=O)[C@@H]1CC(=O)N(c2ccc3c(c2)OCCO3)C1. The molecule has 168 valence electrons. The Bertz CT molecular complexity index is 1040. The molecule has 1 saturated heterocycles. The lowest BCUT2D eigenvalue weighted by Gasteiger charge is -2.22. The zero-order valence-corrected chi connectivity index (χ0v) is 17.8. The number of amides is 2. The summed E-state index contributed by atoms with van der Waals surface area (Å²) in [5, 5.41) is 2.69. The van der Waals surface area contributed by atoms with Gasteiger partial charge in [0.1, 0.15) is 19.0 Å². The fourth-order valence-corrected chi connectivity index (χ4v) is 3.62. The highest BCUT2D eigenvalue weighted by atomic mass is 16.6. The molecule has 4 rings (SSSR count). The average molecular weight is 440 g/mol. The molecule has 0 spiro atoms. The van der Waals surface area contributed by atoms with Gasteiger partial charge in [-0.2, -0.15) is 0 Å². The molecule has 2 heterocycles. The maximum Gasteiger partial charge on any atom is 0.312 e. The lowest BCUT2D eigenvalue weighted by molar-refractivity contribution is -0.157. The second kappa shape index (κ2) is 9.17. The average Bonchev–Trinajstić information content (AvgIpc) is 3.20. The Hall–Kier alpha value is -3.75. The molecule has 1 N–H and O–H groups in total. The van der Waals surface area contributed by atoms with Gasteiger partial charge in [0.2, 0.25) is 5.91 Å². The molecular weight excluding hydrogens is 416 g/mol. The summed E-state index contributed by atoms with van der Waals surface area (Å²) in [6, 6.07) is 12.2. The fraction of sp³-hybridized carbons (Fsp3) is 0.348. The van der Waals surface area contributed by atoms with Gasteiger partial charge in [-0.25, -0.2) is 0 Å². The van der Waals surface area contributed by atoms with Crippen molar-refractivity contribution in [1.82, 2.24) is 0 Å². The topological polar surface area (TPSA) is 103 Å². The molecule has 0 aliphatic carbocycles. The van der Waals surface area contributed by atoms with Crippen LogP contribution in [0, 0.1) is 5.92 Å². The van der Waals surface area contributed by atoms with Crippen LogP contribution in [0.1, 0.15) is 13.3 Å². The molecule has 1 fully saturated rings. The molecule has 2 aromatic carbocycles. The van der Waals surface area contributed by atoms with Crippen molar-refractivity contribution in [2.75, 3.05) is 37.1 Å². The number of hydrogen-bond donors (Lipinski definition) is 1. The molecule has 9 nitrogen and oxygen atoms in total. The minimum Gasteiger partial charge on any atom is -0.495 e. The van der Waals surface area contributed by atoms with Gasteiger partial charge in [-0.3, -0.25) is 14.4 Å². The highest BCUT2D eigenvalue weighted by Crippen LogP contribution is 2.36. The highest BCUT2D eigenvalue weighted by molar-refractivity contribution is 6.00. The van der Waals surface area contributed by atoms with Gasteiger partial charge in [0.15, 0.2) is 17.6 Å². The number of esters is 1. The first-order chi connectivity index (χ1) is 15.5. The van der Waals surface area contributed by atoms with E-state index in [-0.39, 0.29) is 18.9 Å². The number of para-hydroxylation sites is 2. The molecule has 2 aromatic rings. The van der Waals surface area contributed by atoms with Crippen molar-refractivity contribution in [3.8, 4) is 17.2 Å². The maximum absolute atomic E-state index is 12.6. The zero-order valence-electron chi connectivity index (χ0n) is 17.8. The molecule has 0 radical (unpaired) electrons. The normalized spacial score (nSPS) is 18.1. The third-order valence-electron chi connectivity index (χ3n) is 5.32. The van der Waals surface area contributed by atoms with Crippen LogP contribution in [0.4, 0.5) is 11.4 Å². The van der Waals surface area contributed by atoms with E-state index >= 15 is 0 Å². The molecule has 2 aliphatic heterocycles.